The van der Waals surface area contributed by atoms with Crippen LogP contribution < -0.4 is 14.8 Å². The van der Waals surface area contributed by atoms with Gasteiger partial charge in [0.05, 0.1) is 36.2 Å². The number of thioether (sulfide) groups is 1. The van der Waals surface area contributed by atoms with Crippen molar-refractivity contribution in [3.63, 3.8) is 0 Å². The standard InChI is InChI=1S/C18H19N3O3S/c1-11(25-18-20-13-6-4-5-7-14(13)21-18)17(22)19-15-9-8-12(23-2)10-16(15)24-3/h4-11H,1-3H3,(H,19,22)(H,20,21). The van der Waals surface area contributed by atoms with Crippen molar-refractivity contribution in [3.8, 4) is 11.5 Å². The van der Waals surface area contributed by atoms with E-state index >= 15 is 0 Å². The molecule has 0 saturated heterocycles. The van der Waals surface area contributed by atoms with Gasteiger partial charge in [-0.1, -0.05) is 23.9 Å². The number of hydrogen-bond donors (Lipinski definition) is 2. The minimum absolute atomic E-state index is 0.131. The van der Waals surface area contributed by atoms with Gasteiger partial charge in [-0.25, -0.2) is 4.98 Å². The third kappa shape index (κ3) is 3.88. The fourth-order valence-corrected chi connectivity index (χ4v) is 3.16. The van der Waals surface area contributed by atoms with Crippen LogP contribution in [0, 0.1) is 0 Å². The molecule has 6 nitrogen and oxygen atoms in total. The molecule has 0 saturated carbocycles. The fourth-order valence-electron chi connectivity index (χ4n) is 2.34. The average Bonchev–Trinajstić information content (AvgIpc) is 3.04. The minimum Gasteiger partial charge on any atom is -0.497 e. The van der Waals surface area contributed by atoms with Gasteiger partial charge in [-0.2, -0.15) is 0 Å². The van der Waals surface area contributed by atoms with Crippen LogP contribution in [0.1, 0.15) is 6.92 Å². The number of hydrogen-bond acceptors (Lipinski definition) is 5. The number of imidazole rings is 1. The molecule has 7 heteroatoms. The molecule has 3 rings (SSSR count). The summed E-state index contributed by atoms with van der Waals surface area (Å²) >= 11 is 1.37. The molecule has 1 heterocycles. The summed E-state index contributed by atoms with van der Waals surface area (Å²) in [6.45, 7) is 1.84. The third-order valence-corrected chi connectivity index (χ3v) is 4.68. The Labute approximate surface area is 149 Å². The lowest BCUT2D eigenvalue weighted by Crippen LogP contribution is -2.22. The predicted molar refractivity (Wildman–Crippen MR) is 99.6 cm³/mol. The number of carbonyl (C=O) groups is 1. The number of aromatic amines is 1. The molecule has 25 heavy (non-hydrogen) atoms. The fraction of sp³-hybridized carbons (Fsp3) is 0.222. The summed E-state index contributed by atoms with van der Waals surface area (Å²) in [4.78, 5) is 20.2. The van der Waals surface area contributed by atoms with Gasteiger partial charge in [-0.15, -0.1) is 0 Å². The maximum atomic E-state index is 12.5. The van der Waals surface area contributed by atoms with Crippen LogP contribution in [-0.2, 0) is 4.79 Å². The summed E-state index contributed by atoms with van der Waals surface area (Å²) in [6, 6.07) is 13.0. The van der Waals surface area contributed by atoms with E-state index in [4.69, 9.17) is 9.47 Å². The van der Waals surface area contributed by atoms with E-state index in [9.17, 15) is 4.79 Å². The second kappa shape index (κ2) is 7.48. The highest BCUT2D eigenvalue weighted by Crippen LogP contribution is 2.30. The number of amides is 1. The minimum atomic E-state index is -0.327. The molecule has 0 radical (unpaired) electrons. The highest BCUT2D eigenvalue weighted by Gasteiger charge is 2.18. The molecule has 1 aromatic heterocycles. The van der Waals surface area contributed by atoms with Crippen molar-refractivity contribution in [2.24, 2.45) is 0 Å². The summed E-state index contributed by atoms with van der Waals surface area (Å²) in [7, 11) is 3.14. The van der Waals surface area contributed by atoms with E-state index in [2.05, 4.69) is 15.3 Å². The van der Waals surface area contributed by atoms with Crippen LogP contribution in [0.3, 0.4) is 0 Å². The molecule has 1 amide bonds. The molecule has 130 valence electrons. The zero-order valence-electron chi connectivity index (χ0n) is 14.2. The molecule has 0 fully saturated rings. The number of carbonyl (C=O) groups excluding carboxylic acids is 1. The van der Waals surface area contributed by atoms with Crippen LogP contribution in [0.15, 0.2) is 47.6 Å². The van der Waals surface area contributed by atoms with E-state index in [1.807, 2.05) is 31.2 Å². The number of benzene rings is 2. The van der Waals surface area contributed by atoms with Crippen molar-refractivity contribution in [1.82, 2.24) is 9.97 Å². The molecular weight excluding hydrogens is 338 g/mol. The summed E-state index contributed by atoms with van der Waals surface area (Å²) in [5.41, 5.74) is 2.44. The molecule has 2 aromatic carbocycles. The monoisotopic (exact) mass is 357 g/mol. The van der Waals surface area contributed by atoms with Crippen molar-refractivity contribution in [3.05, 3.63) is 42.5 Å². The number of nitrogens with zero attached hydrogens (tertiary/aromatic N) is 1. The number of nitrogens with one attached hydrogen (secondary N) is 2. The van der Waals surface area contributed by atoms with E-state index in [1.165, 1.54) is 11.8 Å². The van der Waals surface area contributed by atoms with Gasteiger partial charge >= 0.3 is 0 Å². The second-order valence-electron chi connectivity index (χ2n) is 5.37. The molecule has 0 aliphatic carbocycles. The number of rotatable bonds is 6. The Morgan fingerprint density at radius 3 is 2.72 bits per heavy atom. The molecule has 0 aliphatic rings. The summed E-state index contributed by atoms with van der Waals surface area (Å²) < 4.78 is 10.5. The number of para-hydroxylation sites is 2. The molecule has 0 aliphatic heterocycles. The van der Waals surface area contributed by atoms with Crippen LogP contribution in [0.25, 0.3) is 11.0 Å². The highest BCUT2D eigenvalue weighted by atomic mass is 32.2. The largest absolute Gasteiger partial charge is 0.497 e. The lowest BCUT2D eigenvalue weighted by Gasteiger charge is -2.14. The Morgan fingerprint density at radius 2 is 2.00 bits per heavy atom. The zero-order chi connectivity index (χ0) is 17.8. The van der Waals surface area contributed by atoms with Crippen molar-refractivity contribution >= 4 is 34.4 Å². The first kappa shape index (κ1) is 17.2. The first-order chi connectivity index (χ1) is 12.1. The normalized spacial score (nSPS) is 12.0. The van der Waals surface area contributed by atoms with Gasteiger partial charge < -0.3 is 19.8 Å². The predicted octanol–water partition coefficient (Wildman–Crippen LogP) is 3.70. The highest BCUT2D eigenvalue weighted by molar-refractivity contribution is 8.00. The number of ether oxygens (including phenoxy) is 2. The maximum Gasteiger partial charge on any atom is 0.237 e. The van der Waals surface area contributed by atoms with Gasteiger partial charge in [0.15, 0.2) is 5.16 Å². The summed E-state index contributed by atoms with van der Waals surface area (Å²) in [5, 5.41) is 3.27. The van der Waals surface area contributed by atoms with Crippen molar-refractivity contribution < 1.29 is 14.3 Å². The number of fused-ring (bicyclic) bond motifs is 1. The Kier molecular flexibility index (Phi) is 5.14. The number of methoxy groups -OCH3 is 2. The lowest BCUT2D eigenvalue weighted by atomic mass is 10.2. The Balaban J connectivity index is 1.70. The first-order valence-corrected chi connectivity index (χ1v) is 8.63. The topological polar surface area (TPSA) is 76.2 Å². The molecule has 1 unspecified atom stereocenters. The number of aromatic nitrogens is 2. The lowest BCUT2D eigenvalue weighted by molar-refractivity contribution is -0.115. The van der Waals surface area contributed by atoms with Crippen molar-refractivity contribution in [1.29, 1.82) is 0 Å². The van der Waals surface area contributed by atoms with Crippen LogP contribution in [0.5, 0.6) is 11.5 Å². The van der Waals surface area contributed by atoms with Gasteiger partial charge in [0, 0.05) is 6.07 Å². The number of H-pyrrole nitrogens is 1. The van der Waals surface area contributed by atoms with Gasteiger partial charge in [-0.05, 0) is 31.2 Å². The summed E-state index contributed by atoms with van der Waals surface area (Å²) in [6.07, 6.45) is 0. The first-order valence-electron chi connectivity index (χ1n) is 7.75. The summed E-state index contributed by atoms with van der Waals surface area (Å²) in [5.74, 6) is 1.09. The van der Waals surface area contributed by atoms with Crippen LogP contribution in [-0.4, -0.2) is 35.3 Å². The molecule has 1 atom stereocenters. The van der Waals surface area contributed by atoms with E-state index in [-0.39, 0.29) is 11.2 Å². The van der Waals surface area contributed by atoms with E-state index in [0.29, 0.717) is 22.3 Å². The Morgan fingerprint density at radius 1 is 1.20 bits per heavy atom. The number of anilines is 1. The molecule has 2 N–H and O–H groups in total. The van der Waals surface area contributed by atoms with E-state index in [0.717, 1.165) is 11.0 Å². The Bertz CT molecular complexity index is 861. The third-order valence-electron chi connectivity index (χ3n) is 3.69. The molecule has 0 spiro atoms. The van der Waals surface area contributed by atoms with Crippen molar-refractivity contribution in [2.45, 2.75) is 17.3 Å². The van der Waals surface area contributed by atoms with Gasteiger partial charge in [-0.3, -0.25) is 4.79 Å². The van der Waals surface area contributed by atoms with Crippen LogP contribution in [0.2, 0.25) is 0 Å². The Hall–Kier alpha value is -2.67. The smallest absolute Gasteiger partial charge is 0.237 e. The average molecular weight is 357 g/mol. The van der Waals surface area contributed by atoms with E-state index in [1.54, 1.807) is 32.4 Å². The molecular formula is C18H19N3O3S. The zero-order valence-corrected chi connectivity index (χ0v) is 15.0. The maximum absolute atomic E-state index is 12.5. The molecule has 0 bridgehead atoms. The van der Waals surface area contributed by atoms with Gasteiger partial charge in [0.1, 0.15) is 11.5 Å². The van der Waals surface area contributed by atoms with Crippen LogP contribution >= 0.6 is 11.8 Å². The van der Waals surface area contributed by atoms with E-state index < -0.39 is 0 Å². The van der Waals surface area contributed by atoms with Gasteiger partial charge in [0.25, 0.3) is 0 Å². The SMILES string of the molecule is COc1ccc(NC(=O)C(C)Sc2nc3ccccc3[nH]2)c(OC)c1. The molecule has 3 aromatic rings. The quantitative estimate of drug-likeness (QED) is 0.658. The van der Waals surface area contributed by atoms with Gasteiger partial charge in [0.2, 0.25) is 5.91 Å². The van der Waals surface area contributed by atoms with Crippen molar-refractivity contribution in [2.75, 3.05) is 19.5 Å². The second-order valence-corrected chi connectivity index (χ2v) is 6.70. The van der Waals surface area contributed by atoms with Crippen LogP contribution in [0.4, 0.5) is 5.69 Å².